The number of nitrogens with zero attached hydrogens (tertiary/aromatic N) is 2. The van der Waals surface area contributed by atoms with Gasteiger partial charge in [-0.25, -0.2) is 0 Å². The third-order valence-electron chi connectivity index (χ3n) is 3.54. The molecule has 0 aliphatic carbocycles. The van der Waals surface area contributed by atoms with E-state index >= 15 is 0 Å². The van der Waals surface area contributed by atoms with E-state index in [1.54, 1.807) is 0 Å². The second-order valence-corrected chi connectivity index (χ2v) is 5.66. The molecule has 3 nitrogen and oxygen atoms in total. The number of likely N-dealkylation sites (N-methyl/N-ethyl adjacent to an activating group) is 1. The number of halogens is 1. The lowest BCUT2D eigenvalue weighted by atomic mass is 10.1. The van der Waals surface area contributed by atoms with Crippen LogP contribution in [0.2, 0.25) is 0 Å². The van der Waals surface area contributed by atoms with Crippen molar-refractivity contribution < 1.29 is 4.79 Å². The van der Waals surface area contributed by atoms with Gasteiger partial charge >= 0.3 is 0 Å². The Bertz CT molecular complexity index is 448. The summed E-state index contributed by atoms with van der Waals surface area (Å²) in [5, 5.41) is 0. The number of likely N-dealkylation sites (tertiary alicyclic amines) is 1. The molecule has 1 aliphatic rings. The number of hydrogen-bond donors (Lipinski definition) is 0. The third kappa shape index (κ3) is 3.48. The Hall–Kier alpha value is -1.06. The maximum absolute atomic E-state index is 12.6. The van der Waals surface area contributed by atoms with Gasteiger partial charge in [-0.2, -0.15) is 0 Å². The molecule has 1 aliphatic heterocycles. The minimum absolute atomic E-state index is 0.135. The van der Waals surface area contributed by atoms with E-state index in [-0.39, 0.29) is 5.91 Å². The first-order chi connectivity index (χ1) is 9.11. The number of amides is 1. The van der Waals surface area contributed by atoms with Crippen molar-refractivity contribution in [2.45, 2.75) is 24.8 Å². The SMILES string of the molecule is CN(C)CC1CCCN1C(=O)c1cccc(CCl)c1. The van der Waals surface area contributed by atoms with Crippen LogP contribution >= 0.6 is 11.6 Å². The smallest absolute Gasteiger partial charge is 0.254 e. The minimum atomic E-state index is 0.135. The fraction of sp³-hybridized carbons (Fsp3) is 0.533. The fourth-order valence-corrected chi connectivity index (χ4v) is 2.83. The predicted molar refractivity (Wildman–Crippen MR) is 78.6 cm³/mol. The van der Waals surface area contributed by atoms with Crippen molar-refractivity contribution in [1.82, 2.24) is 9.80 Å². The zero-order chi connectivity index (χ0) is 13.8. The van der Waals surface area contributed by atoms with Crippen LogP contribution in [0.4, 0.5) is 0 Å². The Kier molecular flexibility index (Phi) is 4.83. The Morgan fingerprint density at radius 2 is 2.26 bits per heavy atom. The molecule has 0 aromatic heterocycles. The van der Waals surface area contributed by atoms with Gasteiger partial charge in [0.2, 0.25) is 0 Å². The van der Waals surface area contributed by atoms with Gasteiger partial charge in [0.05, 0.1) is 0 Å². The molecule has 1 atom stereocenters. The van der Waals surface area contributed by atoms with E-state index in [2.05, 4.69) is 19.0 Å². The first-order valence-corrected chi connectivity index (χ1v) is 7.26. The molecule has 19 heavy (non-hydrogen) atoms. The average Bonchev–Trinajstić information content (AvgIpc) is 2.85. The topological polar surface area (TPSA) is 23.6 Å². The quantitative estimate of drug-likeness (QED) is 0.792. The van der Waals surface area contributed by atoms with E-state index in [1.165, 1.54) is 0 Å². The monoisotopic (exact) mass is 280 g/mol. The Morgan fingerprint density at radius 1 is 1.47 bits per heavy atom. The number of carbonyl (C=O) groups excluding carboxylic acids is 1. The molecule has 1 fully saturated rings. The fourth-order valence-electron chi connectivity index (χ4n) is 2.67. The van der Waals surface area contributed by atoms with Crippen LogP contribution in [0.1, 0.15) is 28.8 Å². The molecule has 1 aromatic carbocycles. The lowest BCUT2D eigenvalue weighted by Crippen LogP contribution is -2.41. The molecule has 0 saturated carbocycles. The number of rotatable bonds is 4. The summed E-state index contributed by atoms with van der Waals surface area (Å²) in [7, 11) is 4.10. The number of hydrogen-bond acceptors (Lipinski definition) is 2. The van der Waals surface area contributed by atoms with Crippen molar-refractivity contribution in [2.24, 2.45) is 0 Å². The summed E-state index contributed by atoms with van der Waals surface area (Å²) in [4.78, 5) is 16.7. The van der Waals surface area contributed by atoms with Crippen molar-refractivity contribution in [3.05, 3.63) is 35.4 Å². The largest absolute Gasteiger partial charge is 0.334 e. The predicted octanol–water partition coefficient (Wildman–Crippen LogP) is 2.59. The van der Waals surface area contributed by atoms with E-state index in [4.69, 9.17) is 11.6 Å². The zero-order valence-corrected chi connectivity index (χ0v) is 12.4. The van der Waals surface area contributed by atoms with Crippen LogP contribution < -0.4 is 0 Å². The number of benzene rings is 1. The van der Waals surface area contributed by atoms with Gasteiger partial charge in [0.15, 0.2) is 0 Å². The van der Waals surface area contributed by atoms with E-state index in [1.807, 2.05) is 29.2 Å². The highest BCUT2D eigenvalue weighted by Crippen LogP contribution is 2.21. The molecule has 2 rings (SSSR count). The van der Waals surface area contributed by atoms with Gasteiger partial charge in [0.25, 0.3) is 5.91 Å². The van der Waals surface area contributed by atoms with E-state index in [0.717, 1.165) is 37.1 Å². The van der Waals surface area contributed by atoms with Gasteiger partial charge in [-0.05, 0) is 44.6 Å². The van der Waals surface area contributed by atoms with Gasteiger partial charge in [0.1, 0.15) is 0 Å². The van der Waals surface area contributed by atoms with Gasteiger partial charge in [-0.1, -0.05) is 12.1 Å². The summed E-state index contributed by atoms with van der Waals surface area (Å²) in [5.41, 5.74) is 1.75. The van der Waals surface area contributed by atoms with Crippen molar-refractivity contribution in [3.8, 4) is 0 Å². The normalized spacial score (nSPS) is 19.2. The summed E-state index contributed by atoms with van der Waals surface area (Å²) in [5.74, 6) is 0.582. The molecule has 104 valence electrons. The minimum Gasteiger partial charge on any atom is -0.334 e. The average molecular weight is 281 g/mol. The van der Waals surface area contributed by atoms with Crippen molar-refractivity contribution >= 4 is 17.5 Å². The Labute approximate surface area is 120 Å². The van der Waals surface area contributed by atoms with Crippen LogP contribution in [0.15, 0.2) is 24.3 Å². The molecule has 1 unspecified atom stereocenters. The second kappa shape index (κ2) is 6.40. The molecule has 0 spiro atoms. The molecule has 0 bridgehead atoms. The zero-order valence-electron chi connectivity index (χ0n) is 11.6. The summed E-state index contributed by atoms with van der Waals surface area (Å²) in [6, 6.07) is 7.97. The van der Waals surface area contributed by atoms with Crippen LogP contribution in [0.5, 0.6) is 0 Å². The van der Waals surface area contributed by atoms with E-state index < -0.39 is 0 Å². The molecular formula is C15H21ClN2O. The first-order valence-electron chi connectivity index (χ1n) is 6.72. The van der Waals surface area contributed by atoms with Crippen LogP contribution in [-0.2, 0) is 5.88 Å². The Morgan fingerprint density at radius 3 is 2.95 bits per heavy atom. The van der Waals surface area contributed by atoms with Crippen LogP contribution in [0.3, 0.4) is 0 Å². The Balaban J connectivity index is 2.13. The van der Waals surface area contributed by atoms with Gasteiger partial charge in [0, 0.05) is 30.6 Å². The van der Waals surface area contributed by atoms with Crippen LogP contribution in [0.25, 0.3) is 0 Å². The second-order valence-electron chi connectivity index (χ2n) is 5.39. The molecule has 0 N–H and O–H groups in total. The van der Waals surface area contributed by atoms with Gasteiger partial charge in [-0.15, -0.1) is 11.6 Å². The van der Waals surface area contributed by atoms with E-state index in [0.29, 0.717) is 11.9 Å². The number of alkyl halides is 1. The maximum atomic E-state index is 12.6. The highest BCUT2D eigenvalue weighted by atomic mass is 35.5. The van der Waals surface area contributed by atoms with Gasteiger partial charge < -0.3 is 9.80 Å². The standard InChI is InChI=1S/C15H21ClN2O/c1-17(2)11-14-7-4-8-18(14)15(19)13-6-3-5-12(9-13)10-16/h3,5-6,9,14H,4,7-8,10-11H2,1-2H3. The molecule has 1 aromatic rings. The number of carbonyl (C=O) groups is 1. The third-order valence-corrected chi connectivity index (χ3v) is 3.85. The molecular weight excluding hydrogens is 260 g/mol. The maximum Gasteiger partial charge on any atom is 0.254 e. The van der Waals surface area contributed by atoms with Crippen molar-refractivity contribution in [2.75, 3.05) is 27.2 Å². The van der Waals surface area contributed by atoms with Crippen molar-refractivity contribution in [3.63, 3.8) is 0 Å². The van der Waals surface area contributed by atoms with E-state index in [9.17, 15) is 4.79 Å². The van der Waals surface area contributed by atoms with Crippen LogP contribution in [-0.4, -0.2) is 48.9 Å². The molecule has 0 radical (unpaired) electrons. The molecule has 1 amide bonds. The highest BCUT2D eigenvalue weighted by molar-refractivity contribution is 6.17. The summed E-state index contributed by atoms with van der Waals surface area (Å²) < 4.78 is 0. The molecule has 4 heteroatoms. The van der Waals surface area contributed by atoms with Crippen molar-refractivity contribution in [1.29, 1.82) is 0 Å². The summed E-state index contributed by atoms with van der Waals surface area (Å²) in [6.45, 7) is 1.80. The summed E-state index contributed by atoms with van der Waals surface area (Å²) in [6.07, 6.45) is 2.19. The molecule has 1 heterocycles. The first kappa shape index (κ1) is 14.4. The lowest BCUT2D eigenvalue weighted by molar-refractivity contribution is 0.0716. The van der Waals surface area contributed by atoms with Crippen LogP contribution in [0, 0.1) is 0 Å². The lowest BCUT2D eigenvalue weighted by Gasteiger charge is -2.27. The highest BCUT2D eigenvalue weighted by Gasteiger charge is 2.29. The summed E-state index contributed by atoms with van der Waals surface area (Å²) >= 11 is 5.83. The van der Waals surface area contributed by atoms with Gasteiger partial charge in [-0.3, -0.25) is 4.79 Å². The molecule has 1 saturated heterocycles.